The van der Waals surface area contributed by atoms with Crippen molar-refractivity contribution in [3.05, 3.63) is 29.8 Å². The zero-order valence-corrected chi connectivity index (χ0v) is 10.4. The van der Waals surface area contributed by atoms with Crippen LogP contribution in [-0.2, 0) is 4.79 Å². The van der Waals surface area contributed by atoms with Gasteiger partial charge in [0.25, 0.3) is 0 Å². The summed E-state index contributed by atoms with van der Waals surface area (Å²) in [7, 11) is 0. The van der Waals surface area contributed by atoms with Crippen molar-refractivity contribution in [2.45, 2.75) is 12.5 Å². The maximum absolute atomic E-state index is 13.2. The molecule has 1 rings (SSSR count). The second-order valence-corrected chi connectivity index (χ2v) is 4.40. The van der Waals surface area contributed by atoms with Crippen LogP contribution in [0.2, 0.25) is 0 Å². The number of rotatable bonds is 6. The summed E-state index contributed by atoms with van der Waals surface area (Å²) in [6.07, 6.45) is 0. The fourth-order valence-corrected chi connectivity index (χ4v) is 1.30. The number of para-hydroxylation sites is 1. The van der Waals surface area contributed by atoms with E-state index in [2.05, 4.69) is 10.6 Å². The number of aliphatic hydroxyl groups is 2. The molecule has 0 aliphatic heterocycles. The number of hydrogen-bond donors (Lipinski definition) is 4. The normalized spacial score (nSPS) is 13.9. The molecule has 1 aromatic rings. The Bertz CT molecular complexity index is 432. The first-order chi connectivity index (χ1) is 8.85. The molecule has 1 aromatic carbocycles. The number of aliphatic hydroxyl groups excluding tert-OH is 1. The number of hydrogen-bond acceptors (Lipinski definition) is 4. The van der Waals surface area contributed by atoms with Gasteiger partial charge in [0.2, 0.25) is 5.91 Å². The molecular weight excluding hydrogens is 258 g/mol. The summed E-state index contributed by atoms with van der Waals surface area (Å²) in [6.45, 7) is 0.637. The minimum Gasteiger partial charge on any atom is -0.393 e. The lowest BCUT2D eigenvalue weighted by atomic mass is 10.1. The molecule has 0 aliphatic rings. The van der Waals surface area contributed by atoms with Gasteiger partial charge >= 0.3 is 0 Å². The molecule has 7 heteroatoms. The molecule has 0 bridgehead atoms. The van der Waals surface area contributed by atoms with Crippen molar-refractivity contribution < 1.29 is 23.8 Å². The van der Waals surface area contributed by atoms with Gasteiger partial charge in [0.05, 0.1) is 18.8 Å². The van der Waals surface area contributed by atoms with Gasteiger partial charge in [-0.1, -0.05) is 6.07 Å². The van der Waals surface area contributed by atoms with Gasteiger partial charge < -0.3 is 20.8 Å². The predicted octanol–water partition coefficient (Wildman–Crippen LogP) is 0.236. The molecule has 0 radical (unpaired) electrons. The molecule has 0 saturated carbocycles. The van der Waals surface area contributed by atoms with Gasteiger partial charge in [-0.15, -0.1) is 0 Å². The third-order valence-electron chi connectivity index (χ3n) is 2.36. The van der Waals surface area contributed by atoms with Crippen LogP contribution in [0, 0.1) is 11.6 Å². The van der Waals surface area contributed by atoms with Crippen LogP contribution in [0.25, 0.3) is 0 Å². The molecule has 0 fully saturated rings. The number of halogens is 2. The Hall–Kier alpha value is -1.57. The van der Waals surface area contributed by atoms with Gasteiger partial charge in [0.15, 0.2) is 0 Å². The summed E-state index contributed by atoms with van der Waals surface area (Å²) >= 11 is 0. The van der Waals surface area contributed by atoms with E-state index in [4.69, 9.17) is 5.11 Å². The van der Waals surface area contributed by atoms with Crippen molar-refractivity contribution in [2.24, 2.45) is 0 Å². The topological polar surface area (TPSA) is 81.6 Å². The number of carbonyl (C=O) groups is 1. The molecular formula is C12H16F2N2O3. The minimum absolute atomic E-state index is 0.0311. The third kappa shape index (κ3) is 4.90. The lowest BCUT2D eigenvalue weighted by molar-refractivity contribution is -0.115. The first kappa shape index (κ1) is 15.5. The highest BCUT2D eigenvalue weighted by Crippen LogP contribution is 2.17. The molecule has 0 heterocycles. The van der Waals surface area contributed by atoms with Gasteiger partial charge in [-0.2, -0.15) is 0 Å². The third-order valence-corrected chi connectivity index (χ3v) is 2.36. The Morgan fingerprint density at radius 3 is 2.47 bits per heavy atom. The van der Waals surface area contributed by atoms with Crippen LogP contribution in [0.15, 0.2) is 18.2 Å². The maximum atomic E-state index is 13.2. The van der Waals surface area contributed by atoms with E-state index in [9.17, 15) is 18.7 Å². The van der Waals surface area contributed by atoms with E-state index in [0.29, 0.717) is 0 Å². The van der Waals surface area contributed by atoms with Gasteiger partial charge in [0, 0.05) is 6.54 Å². The van der Waals surface area contributed by atoms with E-state index in [0.717, 1.165) is 12.1 Å². The lowest BCUT2D eigenvalue weighted by Gasteiger charge is -2.20. The molecule has 4 N–H and O–H groups in total. The largest absolute Gasteiger partial charge is 0.393 e. The highest BCUT2D eigenvalue weighted by molar-refractivity contribution is 5.92. The highest BCUT2D eigenvalue weighted by atomic mass is 19.1. The van der Waals surface area contributed by atoms with Gasteiger partial charge in [0.1, 0.15) is 17.3 Å². The first-order valence-corrected chi connectivity index (χ1v) is 5.63. The minimum atomic E-state index is -1.36. The van der Waals surface area contributed by atoms with Gasteiger partial charge in [-0.05, 0) is 19.1 Å². The summed E-state index contributed by atoms with van der Waals surface area (Å²) in [5.41, 5.74) is -1.87. The highest BCUT2D eigenvalue weighted by Gasteiger charge is 2.19. The first-order valence-electron chi connectivity index (χ1n) is 5.63. The Balaban J connectivity index is 2.48. The zero-order chi connectivity index (χ0) is 14.5. The van der Waals surface area contributed by atoms with Crippen molar-refractivity contribution in [3.8, 4) is 0 Å². The van der Waals surface area contributed by atoms with Crippen molar-refractivity contribution in [1.29, 1.82) is 0 Å². The molecule has 1 amide bonds. The fourth-order valence-electron chi connectivity index (χ4n) is 1.30. The molecule has 1 unspecified atom stereocenters. The second kappa shape index (κ2) is 6.55. The summed E-state index contributed by atoms with van der Waals surface area (Å²) in [5.74, 6) is -2.39. The number of carbonyl (C=O) groups excluding carboxylic acids is 1. The van der Waals surface area contributed by atoms with Gasteiger partial charge in [-0.3, -0.25) is 4.79 Å². The molecule has 106 valence electrons. The van der Waals surface area contributed by atoms with Crippen LogP contribution in [0.4, 0.5) is 14.5 Å². The van der Waals surface area contributed by atoms with E-state index < -0.39 is 35.4 Å². The Morgan fingerprint density at radius 1 is 1.37 bits per heavy atom. The number of anilines is 1. The molecule has 5 nitrogen and oxygen atoms in total. The van der Waals surface area contributed by atoms with Crippen molar-refractivity contribution >= 4 is 11.6 Å². The summed E-state index contributed by atoms with van der Waals surface area (Å²) in [5, 5.41) is 22.9. The van der Waals surface area contributed by atoms with E-state index in [1.807, 2.05) is 0 Å². The number of nitrogens with one attached hydrogen (secondary N) is 2. The van der Waals surface area contributed by atoms with Crippen molar-refractivity contribution in [2.75, 3.05) is 25.0 Å². The van der Waals surface area contributed by atoms with E-state index in [1.54, 1.807) is 0 Å². The smallest absolute Gasteiger partial charge is 0.238 e. The molecule has 0 aromatic heterocycles. The van der Waals surface area contributed by atoms with E-state index >= 15 is 0 Å². The van der Waals surface area contributed by atoms with Crippen LogP contribution in [0.5, 0.6) is 0 Å². The van der Waals surface area contributed by atoms with Crippen molar-refractivity contribution in [1.82, 2.24) is 5.32 Å². The molecule has 1 atom stereocenters. The Kier molecular flexibility index (Phi) is 5.34. The number of benzene rings is 1. The van der Waals surface area contributed by atoms with Gasteiger partial charge in [-0.25, -0.2) is 8.78 Å². The van der Waals surface area contributed by atoms with E-state index in [-0.39, 0.29) is 13.1 Å². The SMILES string of the molecule is CC(O)(CO)CNCC(=O)Nc1c(F)cccc1F. The quantitative estimate of drug-likeness (QED) is 0.599. The van der Waals surface area contributed by atoms with Crippen LogP contribution in [0.3, 0.4) is 0 Å². The van der Waals surface area contributed by atoms with E-state index in [1.165, 1.54) is 13.0 Å². The summed E-state index contributed by atoms with van der Waals surface area (Å²) in [6, 6.07) is 3.25. The maximum Gasteiger partial charge on any atom is 0.238 e. The summed E-state index contributed by atoms with van der Waals surface area (Å²) in [4.78, 5) is 11.4. The van der Waals surface area contributed by atoms with Crippen LogP contribution in [0.1, 0.15) is 6.92 Å². The standard InChI is InChI=1S/C12H16F2N2O3/c1-12(19,7-17)6-15-5-10(18)16-11-8(13)3-2-4-9(11)14/h2-4,15,17,19H,5-7H2,1H3,(H,16,18). The number of amides is 1. The molecule has 0 aliphatic carbocycles. The average molecular weight is 274 g/mol. The molecule has 0 saturated heterocycles. The zero-order valence-electron chi connectivity index (χ0n) is 10.4. The lowest BCUT2D eigenvalue weighted by Crippen LogP contribution is -2.43. The Labute approximate surface area is 109 Å². The van der Waals surface area contributed by atoms with Crippen LogP contribution < -0.4 is 10.6 Å². The second-order valence-electron chi connectivity index (χ2n) is 4.40. The predicted molar refractivity (Wildman–Crippen MR) is 65.6 cm³/mol. The average Bonchev–Trinajstić information content (AvgIpc) is 2.34. The monoisotopic (exact) mass is 274 g/mol. The summed E-state index contributed by atoms with van der Waals surface area (Å²) < 4.78 is 26.5. The van der Waals surface area contributed by atoms with Crippen LogP contribution >= 0.6 is 0 Å². The molecule has 19 heavy (non-hydrogen) atoms. The van der Waals surface area contributed by atoms with Crippen LogP contribution in [-0.4, -0.2) is 41.4 Å². The fraction of sp³-hybridized carbons (Fsp3) is 0.417. The molecule has 0 spiro atoms. The van der Waals surface area contributed by atoms with Crippen molar-refractivity contribution in [3.63, 3.8) is 0 Å². The Morgan fingerprint density at radius 2 is 1.95 bits per heavy atom.